The van der Waals surface area contributed by atoms with Crippen LogP contribution in [0.1, 0.15) is 24.1 Å². The molecule has 1 amide bonds. The largest absolute Gasteiger partial charge is 0.349 e. The standard InChI is InChI=1S/C15H15BrN2O/c1-11(13-3-2-8-17-10-13)18-15(19)9-12-4-6-14(16)7-5-12/h2-8,10-11H,9H2,1H3,(H,18,19)/t11-/m1/s1. The molecule has 1 atom stereocenters. The van der Waals surface area contributed by atoms with E-state index in [4.69, 9.17) is 0 Å². The van der Waals surface area contributed by atoms with E-state index in [1.54, 1.807) is 12.4 Å². The fraction of sp³-hybridized carbons (Fsp3) is 0.200. The predicted octanol–water partition coefficient (Wildman–Crippen LogP) is 3.26. The molecule has 98 valence electrons. The monoisotopic (exact) mass is 318 g/mol. The topological polar surface area (TPSA) is 42.0 Å². The lowest BCUT2D eigenvalue weighted by Gasteiger charge is -2.13. The molecule has 0 aliphatic heterocycles. The van der Waals surface area contributed by atoms with Gasteiger partial charge in [0.1, 0.15) is 0 Å². The van der Waals surface area contributed by atoms with Crippen LogP contribution in [0.2, 0.25) is 0 Å². The maximum absolute atomic E-state index is 11.9. The van der Waals surface area contributed by atoms with Gasteiger partial charge in [-0.25, -0.2) is 0 Å². The first kappa shape index (κ1) is 13.7. The molecule has 2 aromatic rings. The molecule has 1 N–H and O–H groups in total. The molecule has 1 aromatic heterocycles. The highest BCUT2D eigenvalue weighted by molar-refractivity contribution is 9.10. The Balaban J connectivity index is 1.93. The molecule has 0 spiro atoms. The highest BCUT2D eigenvalue weighted by Crippen LogP contribution is 2.12. The third-order valence-corrected chi connectivity index (χ3v) is 3.37. The predicted molar refractivity (Wildman–Crippen MR) is 78.6 cm³/mol. The number of pyridine rings is 1. The summed E-state index contributed by atoms with van der Waals surface area (Å²) in [6.45, 7) is 1.95. The van der Waals surface area contributed by atoms with Crippen LogP contribution in [0.5, 0.6) is 0 Å². The Morgan fingerprint density at radius 1 is 1.32 bits per heavy atom. The number of nitrogens with zero attached hydrogens (tertiary/aromatic N) is 1. The number of nitrogens with one attached hydrogen (secondary N) is 1. The van der Waals surface area contributed by atoms with Crippen molar-refractivity contribution >= 4 is 21.8 Å². The van der Waals surface area contributed by atoms with Gasteiger partial charge in [0.05, 0.1) is 12.5 Å². The van der Waals surface area contributed by atoms with E-state index in [0.717, 1.165) is 15.6 Å². The van der Waals surface area contributed by atoms with Crippen LogP contribution in [0.3, 0.4) is 0 Å². The van der Waals surface area contributed by atoms with Gasteiger partial charge in [-0.2, -0.15) is 0 Å². The molecule has 19 heavy (non-hydrogen) atoms. The molecule has 0 saturated heterocycles. The summed E-state index contributed by atoms with van der Waals surface area (Å²) < 4.78 is 1.01. The third-order valence-electron chi connectivity index (χ3n) is 2.84. The van der Waals surface area contributed by atoms with Crippen molar-refractivity contribution in [2.24, 2.45) is 0 Å². The summed E-state index contributed by atoms with van der Waals surface area (Å²) in [7, 11) is 0. The molecule has 0 radical (unpaired) electrons. The number of hydrogen-bond donors (Lipinski definition) is 1. The molecule has 0 unspecified atom stereocenters. The van der Waals surface area contributed by atoms with Crippen LogP contribution in [0.15, 0.2) is 53.3 Å². The van der Waals surface area contributed by atoms with E-state index < -0.39 is 0 Å². The van der Waals surface area contributed by atoms with E-state index in [1.807, 2.05) is 43.3 Å². The molecule has 3 nitrogen and oxygen atoms in total. The number of rotatable bonds is 4. The lowest BCUT2D eigenvalue weighted by molar-refractivity contribution is -0.121. The minimum absolute atomic E-state index is 0.0127. The minimum Gasteiger partial charge on any atom is -0.349 e. The van der Waals surface area contributed by atoms with Gasteiger partial charge in [-0.05, 0) is 36.2 Å². The molecule has 0 bridgehead atoms. The number of hydrogen-bond acceptors (Lipinski definition) is 2. The summed E-state index contributed by atoms with van der Waals surface area (Å²) in [4.78, 5) is 16.0. The molecule has 2 rings (SSSR count). The zero-order chi connectivity index (χ0) is 13.7. The molecule has 0 fully saturated rings. The SMILES string of the molecule is C[C@@H](NC(=O)Cc1ccc(Br)cc1)c1cccnc1. The van der Waals surface area contributed by atoms with Crippen LogP contribution in [0.25, 0.3) is 0 Å². The average Bonchev–Trinajstić information content (AvgIpc) is 2.42. The fourth-order valence-corrected chi connectivity index (χ4v) is 2.06. The summed E-state index contributed by atoms with van der Waals surface area (Å²) in [6, 6.07) is 11.6. The molecule has 1 aromatic carbocycles. The first-order chi connectivity index (χ1) is 9.15. The van der Waals surface area contributed by atoms with Crippen molar-refractivity contribution in [2.75, 3.05) is 0 Å². The van der Waals surface area contributed by atoms with Crippen molar-refractivity contribution < 1.29 is 4.79 Å². The Morgan fingerprint density at radius 3 is 2.68 bits per heavy atom. The number of carbonyl (C=O) groups is 1. The van der Waals surface area contributed by atoms with Gasteiger partial charge in [0.25, 0.3) is 0 Å². The first-order valence-electron chi connectivity index (χ1n) is 6.09. The summed E-state index contributed by atoms with van der Waals surface area (Å²) in [6.07, 6.45) is 3.88. The summed E-state index contributed by atoms with van der Waals surface area (Å²) in [5.41, 5.74) is 2.01. The van der Waals surface area contributed by atoms with Gasteiger partial charge in [0, 0.05) is 16.9 Å². The van der Waals surface area contributed by atoms with Crippen molar-refractivity contribution in [2.45, 2.75) is 19.4 Å². The van der Waals surface area contributed by atoms with Crippen LogP contribution in [0.4, 0.5) is 0 Å². The Labute approximate surface area is 121 Å². The number of aromatic nitrogens is 1. The van der Waals surface area contributed by atoms with Crippen molar-refractivity contribution in [3.63, 3.8) is 0 Å². The number of amides is 1. The fourth-order valence-electron chi connectivity index (χ4n) is 1.80. The first-order valence-corrected chi connectivity index (χ1v) is 6.88. The minimum atomic E-state index is -0.0309. The maximum Gasteiger partial charge on any atom is 0.224 e. The van der Waals surface area contributed by atoms with Gasteiger partial charge in [-0.1, -0.05) is 34.1 Å². The van der Waals surface area contributed by atoms with E-state index >= 15 is 0 Å². The van der Waals surface area contributed by atoms with E-state index in [1.165, 1.54) is 0 Å². The normalized spacial score (nSPS) is 11.9. The third kappa shape index (κ3) is 4.17. The molecule has 0 aliphatic rings. The van der Waals surface area contributed by atoms with Gasteiger partial charge < -0.3 is 5.32 Å². The Bertz CT molecular complexity index is 540. The van der Waals surface area contributed by atoms with Crippen molar-refractivity contribution in [1.82, 2.24) is 10.3 Å². The maximum atomic E-state index is 11.9. The highest BCUT2D eigenvalue weighted by Gasteiger charge is 2.09. The lowest BCUT2D eigenvalue weighted by Crippen LogP contribution is -2.28. The molecule has 0 saturated carbocycles. The molecule has 1 heterocycles. The van der Waals surface area contributed by atoms with Gasteiger partial charge >= 0.3 is 0 Å². The van der Waals surface area contributed by atoms with E-state index in [-0.39, 0.29) is 11.9 Å². The zero-order valence-electron chi connectivity index (χ0n) is 10.6. The van der Waals surface area contributed by atoms with E-state index in [9.17, 15) is 4.79 Å². The van der Waals surface area contributed by atoms with Crippen LogP contribution < -0.4 is 5.32 Å². The molecular weight excluding hydrogens is 304 g/mol. The Kier molecular flexibility index (Phi) is 4.68. The average molecular weight is 319 g/mol. The summed E-state index contributed by atoms with van der Waals surface area (Å²) in [5, 5.41) is 2.97. The van der Waals surface area contributed by atoms with Crippen molar-refractivity contribution in [3.8, 4) is 0 Å². The second kappa shape index (κ2) is 6.48. The van der Waals surface area contributed by atoms with Gasteiger partial charge in [0.15, 0.2) is 0 Å². The van der Waals surface area contributed by atoms with Gasteiger partial charge in [-0.3, -0.25) is 9.78 Å². The van der Waals surface area contributed by atoms with Crippen molar-refractivity contribution in [1.29, 1.82) is 0 Å². The van der Waals surface area contributed by atoms with Gasteiger partial charge in [-0.15, -0.1) is 0 Å². The van der Waals surface area contributed by atoms with E-state index in [2.05, 4.69) is 26.2 Å². The number of carbonyl (C=O) groups excluding carboxylic acids is 1. The summed E-state index contributed by atoms with van der Waals surface area (Å²) in [5.74, 6) is 0.0127. The van der Waals surface area contributed by atoms with Gasteiger partial charge in [0.2, 0.25) is 5.91 Å². The van der Waals surface area contributed by atoms with Crippen LogP contribution in [-0.4, -0.2) is 10.9 Å². The smallest absolute Gasteiger partial charge is 0.224 e. The van der Waals surface area contributed by atoms with Crippen molar-refractivity contribution in [3.05, 3.63) is 64.4 Å². The quantitative estimate of drug-likeness (QED) is 0.940. The molecule has 0 aliphatic carbocycles. The van der Waals surface area contributed by atoms with Crippen LogP contribution >= 0.6 is 15.9 Å². The van der Waals surface area contributed by atoms with E-state index in [0.29, 0.717) is 6.42 Å². The molecule has 4 heteroatoms. The Hall–Kier alpha value is -1.68. The number of benzene rings is 1. The number of halogens is 1. The van der Waals surface area contributed by atoms with Crippen LogP contribution in [-0.2, 0) is 11.2 Å². The lowest BCUT2D eigenvalue weighted by atomic mass is 10.1. The molecular formula is C15H15BrN2O. The second-order valence-corrected chi connectivity index (χ2v) is 5.29. The Morgan fingerprint density at radius 2 is 2.05 bits per heavy atom. The zero-order valence-corrected chi connectivity index (χ0v) is 12.2. The van der Waals surface area contributed by atoms with Crippen LogP contribution in [0, 0.1) is 0 Å². The second-order valence-electron chi connectivity index (χ2n) is 4.38. The highest BCUT2D eigenvalue weighted by atomic mass is 79.9. The summed E-state index contributed by atoms with van der Waals surface area (Å²) >= 11 is 3.38.